The molecule has 0 unspecified atom stereocenters. The topological polar surface area (TPSA) is 56.9 Å². The van der Waals surface area contributed by atoms with Gasteiger partial charge in [0.15, 0.2) is 0 Å². The van der Waals surface area contributed by atoms with E-state index in [0.717, 1.165) is 31.8 Å². The Balaban J connectivity index is 1.82. The summed E-state index contributed by atoms with van der Waals surface area (Å²) in [7, 11) is 3.62. The molecule has 0 aliphatic heterocycles. The molecule has 2 aromatic heterocycles. The number of methoxy groups -OCH3 is 1. The van der Waals surface area contributed by atoms with E-state index < -0.39 is 0 Å². The van der Waals surface area contributed by atoms with Crippen molar-refractivity contribution in [1.82, 2.24) is 24.9 Å². The quantitative estimate of drug-likeness (QED) is 0.722. The SMILES string of the molecule is COCCNCc1cnn(Cc2cnn(C)c2)c1. The van der Waals surface area contributed by atoms with Gasteiger partial charge in [0, 0.05) is 50.8 Å². The molecule has 1 N–H and O–H groups in total. The lowest BCUT2D eigenvalue weighted by atomic mass is 10.3. The Kier molecular flexibility index (Phi) is 4.49. The first kappa shape index (κ1) is 12.8. The number of nitrogens with one attached hydrogen (secondary N) is 1. The molecule has 0 radical (unpaired) electrons. The summed E-state index contributed by atoms with van der Waals surface area (Å²) in [5.74, 6) is 0. The molecule has 2 rings (SSSR count). The molecule has 98 valence electrons. The van der Waals surface area contributed by atoms with Crippen molar-refractivity contribution in [2.24, 2.45) is 7.05 Å². The molecule has 0 saturated heterocycles. The number of aryl methyl sites for hydroxylation is 1. The molecule has 0 atom stereocenters. The number of hydrogen-bond acceptors (Lipinski definition) is 4. The minimum absolute atomic E-state index is 0.726. The van der Waals surface area contributed by atoms with Crippen LogP contribution in [0, 0.1) is 0 Å². The van der Waals surface area contributed by atoms with E-state index in [1.54, 1.807) is 11.8 Å². The molecular formula is C12H19N5O. The zero-order chi connectivity index (χ0) is 12.8. The van der Waals surface area contributed by atoms with E-state index in [9.17, 15) is 0 Å². The highest BCUT2D eigenvalue weighted by atomic mass is 16.5. The molecule has 6 nitrogen and oxygen atoms in total. The van der Waals surface area contributed by atoms with Crippen LogP contribution in [0.4, 0.5) is 0 Å². The second-order valence-corrected chi connectivity index (χ2v) is 4.24. The van der Waals surface area contributed by atoms with Gasteiger partial charge in [-0.3, -0.25) is 9.36 Å². The molecule has 0 bridgehead atoms. The van der Waals surface area contributed by atoms with Crippen molar-refractivity contribution in [3.63, 3.8) is 0 Å². The number of ether oxygens (including phenoxy) is 1. The maximum absolute atomic E-state index is 4.97. The molecular weight excluding hydrogens is 230 g/mol. The van der Waals surface area contributed by atoms with Crippen molar-refractivity contribution in [1.29, 1.82) is 0 Å². The summed E-state index contributed by atoms with van der Waals surface area (Å²) in [5.41, 5.74) is 2.33. The Morgan fingerprint density at radius 1 is 1.22 bits per heavy atom. The molecule has 0 amide bonds. The van der Waals surface area contributed by atoms with Gasteiger partial charge in [-0.25, -0.2) is 0 Å². The summed E-state index contributed by atoms with van der Waals surface area (Å²) >= 11 is 0. The molecule has 2 heterocycles. The average molecular weight is 249 g/mol. The van der Waals surface area contributed by atoms with Crippen LogP contribution in [-0.2, 0) is 24.9 Å². The summed E-state index contributed by atoms with van der Waals surface area (Å²) in [4.78, 5) is 0. The minimum atomic E-state index is 0.726. The lowest BCUT2D eigenvalue weighted by Gasteiger charge is -2.01. The molecule has 0 aliphatic rings. The normalized spacial score (nSPS) is 11.0. The predicted octanol–water partition coefficient (Wildman–Crippen LogP) is 0.401. The number of nitrogens with zero attached hydrogens (tertiary/aromatic N) is 4. The zero-order valence-corrected chi connectivity index (χ0v) is 10.8. The maximum Gasteiger partial charge on any atom is 0.0690 e. The fraction of sp³-hybridized carbons (Fsp3) is 0.500. The number of aromatic nitrogens is 4. The summed E-state index contributed by atoms with van der Waals surface area (Å²) in [6.45, 7) is 3.15. The van der Waals surface area contributed by atoms with Crippen molar-refractivity contribution < 1.29 is 4.74 Å². The predicted molar refractivity (Wildman–Crippen MR) is 68.1 cm³/mol. The fourth-order valence-corrected chi connectivity index (χ4v) is 1.73. The van der Waals surface area contributed by atoms with E-state index in [1.807, 2.05) is 36.5 Å². The standard InChI is InChI=1S/C12H19N5O/c1-16-8-12(7-14-16)10-17-9-11(6-15-17)5-13-3-4-18-2/h6-9,13H,3-5,10H2,1-2H3. The molecule has 0 fully saturated rings. The molecule has 0 aliphatic carbocycles. The lowest BCUT2D eigenvalue weighted by molar-refractivity contribution is 0.199. The van der Waals surface area contributed by atoms with Gasteiger partial charge in [-0.2, -0.15) is 10.2 Å². The largest absolute Gasteiger partial charge is 0.383 e. The van der Waals surface area contributed by atoms with Crippen LogP contribution in [-0.4, -0.2) is 39.8 Å². The highest BCUT2D eigenvalue weighted by Crippen LogP contribution is 2.02. The van der Waals surface area contributed by atoms with Crippen LogP contribution in [0.3, 0.4) is 0 Å². The third kappa shape index (κ3) is 3.68. The molecule has 18 heavy (non-hydrogen) atoms. The van der Waals surface area contributed by atoms with Crippen molar-refractivity contribution >= 4 is 0 Å². The first-order valence-electron chi connectivity index (χ1n) is 5.96. The van der Waals surface area contributed by atoms with Crippen molar-refractivity contribution in [2.75, 3.05) is 20.3 Å². The summed E-state index contributed by atoms with van der Waals surface area (Å²) in [6.07, 6.45) is 7.79. The van der Waals surface area contributed by atoms with Gasteiger partial charge >= 0.3 is 0 Å². The van der Waals surface area contributed by atoms with E-state index in [2.05, 4.69) is 15.5 Å². The van der Waals surface area contributed by atoms with E-state index >= 15 is 0 Å². The van der Waals surface area contributed by atoms with E-state index in [1.165, 1.54) is 5.56 Å². The van der Waals surface area contributed by atoms with Gasteiger partial charge in [0.25, 0.3) is 0 Å². The Bertz CT molecular complexity index is 476. The highest BCUT2D eigenvalue weighted by molar-refractivity contribution is 5.08. The fourth-order valence-electron chi connectivity index (χ4n) is 1.73. The third-order valence-electron chi connectivity index (χ3n) is 2.60. The van der Waals surface area contributed by atoms with Gasteiger partial charge in [0.05, 0.1) is 25.5 Å². The Morgan fingerprint density at radius 3 is 2.78 bits per heavy atom. The van der Waals surface area contributed by atoms with Gasteiger partial charge in [-0.15, -0.1) is 0 Å². The van der Waals surface area contributed by atoms with E-state index in [0.29, 0.717) is 0 Å². The highest BCUT2D eigenvalue weighted by Gasteiger charge is 2.01. The first-order chi connectivity index (χ1) is 8.78. The van der Waals surface area contributed by atoms with Crippen LogP contribution in [0.1, 0.15) is 11.1 Å². The van der Waals surface area contributed by atoms with Crippen LogP contribution in [0.15, 0.2) is 24.8 Å². The summed E-state index contributed by atoms with van der Waals surface area (Å²) in [5, 5.41) is 11.8. The van der Waals surface area contributed by atoms with Crippen molar-refractivity contribution in [3.05, 3.63) is 35.9 Å². The van der Waals surface area contributed by atoms with Crippen LogP contribution in [0.5, 0.6) is 0 Å². The van der Waals surface area contributed by atoms with Gasteiger partial charge in [-0.1, -0.05) is 0 Å². The second kappa shape index (κ2) is 6.32. The first-order valence-corrected chi connectivity index (χ1v) is 5.96. The van der Waals surface area contributed by atoms with Crippen molar-refractivity contribution in [2.45, 2.75) is 13.1 Å². The maximum atomic E-state index is 4.97. The second-order valence-electron chi connectivity index (χ2n) is 4.24. The number of rotatable bonds is 7. The molecule has 2 aromatic rings. The van der Waals surface area contributed by atoms with E-state index in [4.69, 9.17) is 4.74 Å². The Hall–Kier alpha value is -1.66. The molecule has 0 spiro atoms. The monoisotopic (exact) mass is 249 g/mol. The van der Waals surface area contributed by atoms with Crippen LogP contribution < -0.4 is 5.32 Å². The van der Waals surface area contributed by atoms with Crippen molar-refractivity contribution in [3.8, 4) is 0 Å². The summed E-state index contributed by atoms with van der Waals surface area (Å²) in [6, 6.07) is 0. The summed E-state index contributed by atoms with van der Waals surface area (Å²) < 4.78 is 8.69. The Morgan fingerprint density at radius 2 is 2.06 bits per heavy atom. The zero-order valence-electron chi connectivity index (χ0n) is 10.8. The smallest absolute Gasteiger partial charge is 0.0690 e. The minimum Gasteiger partial charge on any atom is -0.383 e. The van der Waals surface area contributed by atoms with Gasteiger partial charge in [-0.05, 0) is 0 Å². The van der Waals surface area contributed by atoms with Gasteiger partial charge in [0.1, 0.15) is 0 Å². The molecule has 6 heteroatoms. The van der Waals surface area contributed by atoms with Gasteiger partial charge < -0.3 is 10.1 Å². The molecule has 0 aromatic carbocycles. The number of hydrogen-bond donors (Lipinski definition) is 1. The van der Waals surface area contributed by atoms with Crippen LogP contribution in [0.2, 0.25) is 0 Å². The van der Waals surface area contributed by atoms with Crippen LogP contribution >= 0.6 is 0 Å². The average Bonchev–Trinajstić information content (AvgIpc) is 2.95. The third-order valence-corrected chi connectivity index (χ3v) is 2.60. The van der Waals surface area contributed by atoms with Gasteiger partial charge in [0.2, 0.25) is 0 Å². The van der Waals surface area contributed by atoms with Crippen LogP contribution in [0.25, 0.3) is 0 Å². The Labute approximate surface area is 107 Å². The van der Waals surface area contributed by atoms with E-state index in [-0.39, 0.29) is 0 Å². The lowest BCUT2D eigenvalue weighted by Crippen LogP contribution is -2.18. The molecule has 0 saturated carbocycles.